The van der Waals surface area contributed by atoms with Gasteiger partial charge in [-0.3, -0.25) is 0 Å². The van der Waals surface area contributed by atoms with Gasteiger partial charge in [0, 0.05) is 75.9 Å². The van der Waals surface area contributed by atoms with Crippen molar-refractivity contribution in [2.45, 2.75) is 10.8 Å². The van der Waals surface area contributed by atoms with Crippen LogP contribution in [0, 0.1) is 0 Å². The standard InChI is InChI=1S/C82H54N2O2S2/c1-7-27-55(28-8-1)57-47-59(51-65(49-57)83(61-31-11-3-12-32-61)62-33-13-4-14-34-62)77-53-71-79(87-77)82(69-41-21-25-45-75(69)86-76-46-26-22-42-70(76)82)72-54-78(88-80(72)81(71)67-39-19-23-43-73(67)85-74-44-24-20-40-68(74)81)60-48-58(56-29-9-2-10-30-56)50-66(52-60)84(63-35-15-5-16-36-63)64-37-17-6-18-38-64/h1-54H. The van der Waals surface area contributed by atoms with Crippen molar-refractivity contribution in [2.75, 3.05) is 9.80 Å². The summed E-state index contributed by atoms with van der Waals surface area (Å²) in [5, 5.41) is 0. The second-order valence-corrected chi connectivity index (χ2v) is 24.8. The number of fused-ring (bicyclic) bond motifs is 14. The summed E-state index contributed by atoms with van der Waals surface area (Å²) in [7, 11) is 0. The molecule has 0 bridgehead atoms. The number of hydrogen-bond donors (Lipinski definition) is 0. The summed E-state index contributed by atoms with van der Waals surface area (Å²) in [6.07, 6.45) is 0. The lowest BCUT2D eigenvalue weighted by Gasteiger charge is -2.50. The molecule has 14 aromatic rings. The van der Waals surface area contributed by atoms with E-state index in [4.69, 9.17) is 9.47 Å². The minimum absolute atomic E-state index is 0.842. The molecule has 0 saturated carbocycles. The van der Waals surface area contributed by atoms with Crippen molar-refractivity contribution in [3.8, 4) is 66.1 Å². The van der Waals surface area contributed by atoms with Crippen LogP contribution >= 0.6 is 22.7 Å². The van der Waals surface area contributed by atoms with E-state index < -0.39 is 10.8 Å². The predicted molar refractivity (Wildman–Crippen MR) is 364 cm³/mol. The van der Waals surface area contributed by atoms with Crippen LogP contribution in [0.4, 0.5) is 34.1 Å². The molecule has 416 valence electrons. The largest absolute Gasteiger partial charge is 0.457 e. The molecule has 88 heavy (non-hydrogen) atoms. The van der Waals surface area contributed by atoms with E-state index in [9.17, 15) is 0 Å². The van der Waals surface area contributed by atoms with Gasteiger partial charge in [0.1, 0.15) is 23.0 Å². The Morgan fingerprint density at radius 2 is 0.477 bits per heavy atom. The molecule has 0 N–H and O–H groups in total. The summed E-state index contributed by atoms with van der Waals surface area (Å²) in [5.74, 6) is 3.37. The average molecular weight is 1160 g/mol. The van der Waals surface area contributed by atoms with Crippen molar-refractivity contribution in [3.05, 3.63) is 371 Å². The lowest BCUT2D eigenvalue weighted by Crippen LogP contribution is -2.45. The molecule has 2 aromatic heterocycles. The third kappa shape index (κ3) is 8.17. The quantitative estimate of drug-likeness (QED) is 0.136. The first-order chi connectivity index (χ1) is 43.6. The first-order valence-corrected chi connectivity index (χ1v) is 31.5. The fraction of sp³-hybridized carbons (Fsp3) is 0.0244. The van der Waals surface area contributed by atoms with Crippen LogP contribution in [0.1, 0.15) is 43.1 Å². The molecule has 0 saturated heterocycles. The van der Waals surface area contributed by atoms with Crippen LogP contribution in [0.2, 0.25) is 0 Å². The maximum atomic E-state index is 7.13. The minimum atomic E-state index is -0.860. The van der Waals surface area contributed by atoms with Gasteiger partial charge in [-0.2, -0.15) is 0 Å². The zero-order chi connectivity index (χ0) is 58.2. The molecule has 6 heteroatoms. The van der Waals surface area contributed by atoms with Crippen LogP contribution in [-0.4, -0.2) is 0 Å². The molecule has 0 amide bonds. The van der Waals surface area contributed by atoms with Gasteiger partial charge in [0.05, 0.1) is 10.8 Å². The molecule has 4 nitrogen and oxygen atoms in total. The normalized spacial score (nSPS) is 13.4. The lowest BCUT2D eigenvalue weighted by molar-refractivity contribution is 0.418. The number of benzene rings is 12. The summed E-state index contributed by atoms with van der Waals surface area (Å²) < 4.78 is 14.3. The van der Waals surface area contributed by atoms with Crippen molar-refractivity contribution >= 4 is 56.8 Å². The number of nitrogens with zero attached hydrogens (tertiary/aromatic N) is 2. The molecule has 3 aliphatic rings. The Hall–Kier alpha value is -10.8. The maximum Gasteiger partial charge on any atom is 0.132 e. The fourth-order valence-electron chi connectivity index (χ4n) is 14.0. The predicted octanol–water partition coefficient (Wildman–Crippen LogP) is 22.7. The Bertz CT molecular complexity index is 4400. The average Bonchev–Trinajstić information content (AvgIpc) is 1.19. The maximum absolute atomic E-state index is 7.13. The lowest BCUT2D eigenvalue weighted by atomic mass is 9.54. The van der Waals surface area contributed by atoms with E-state index in [0.29, 0.717) is 0 Å². The van der Waals surface area contributed by atoms with Crippen molar-refractivity contribution < 1.29 is 9.47 Å². The van der Waals surface area contributed by atoms with E-state index in [1.165, 1.54) is 20.9 Å². The molecule has 4 heterocycles. The highest BCUT2D eigenvalue weighted by molar-refractivity contribution is 7.17. The Morgan fingerprint density at radius 1 is 0.216 bits per heavy atom. The summed E-state index contributed by atoms with van der Waals surface area (Å²) >= 11 is 3.81. The summed E-state index contributed by atoms with van der Waals surface area (Å²) in [5.41, 5.74) is 18.4. The van der Waals surface area contributed by atoms with Gasteiger partial charge in [-0.25, -0.2) is 0 Å². The zero-order valence-corrected chi connectivity index (χ0v) is 49.3. The molecule has 2 aliphatic heterocycles. The Kier molecular flexibility index (Phi) is 12.3. The van der Waals surface area contributed by atoms with Gasteiger partial charge < -0.3 is 19.3 Å². The van der Waals surface area contributed by atoms with Gasteiger partial charge >= 0.3 is 0 Å². The van der Waals surface area contributed by atoms with Gasteiger partial charge in [0.25, 0.3) is 0 Å². The highest BCUT2D eigenvalue weighted by atomic mass is 32.1. The highest BCUT2D eigenvalue weighted by Crippen LogP contribution is 2.70. The van der Waals surface area contributed by atoms with Crippen LogP contribution in [0.25, 0.3) is 43.1 Å². The van der Waals surface area contributed by atoms with Crippen molar-refractivity contribution in [2.24, 2.45) is 0 Å². The number of rotatable bonds is 10. The van der Waals surface area contributed by atoms with Crippen LogP contribution < -0.4 is 19.3 Å². The molecule has 0 fully saturated rings. The first-order valence-electron chi connectivity index (χ1n) is 29.9. The number of thiophene rings is 2. The third-order valence-corrected chi connectivity index (χ3v) is 20.4. The van der Waals surface area contributed by atoms with E-state index in [1.807, 2.05) is 22.7 Å². The number of hydrogen-bond acceptors (Lipinski definition) is 6. The summed E-state index contributed by atoms with van der Waals surface area (Å²) in [6, 6.07) is 119. The number of para-hydroxylation sites is 8. The van der Waals surface area contributed by atoms with E-state index >= 15 is 0 Å². The molecule has 0 radical (unpaired) electrons. The zero-order valence-electron chi connectivity index (χ0n) is 47.7. The van der Waals surface area contributed by atoms with E-state index in [1.54, 1.807) is 0 Å². The Morgan fingerprint density at radius 3 is 0.784 bits per heavy atom. The molecular weight excluding hydrogens is 1110 g/mol. The van der Waals surface area contributed by atoms with Crippen LogP contribution in [0.5, 0.6) is 23.0 Å². The van der Waals surface area contributed by atoms with Crippen LogP contribution in [0.3, 0.4) is 0 Å². The molecule has 12 aromatic carbocycles. The molecule has 17 rings (SSSR count). The van der Waals surface area contributed by atoms with Crippen molar-refractivity contribution in [1.82, 2.24) is 0 Å². The van der Waals surface area contributed by atoms with Gasteiger partial charge in [-0.15, -0.1) is 22.7 Å². The van der Waals surface area contributed by atoms with Crippen molar-refractivity contribution in [3.63, 3.8) is 0 Å². The highest BCUT2D eigenvalue weighted by Gasteiger charge is 2.61. The van der Waals surface area contributed by atoms with Crippen LogP contribution in [-0.2, 0) is 10.8 Å². The van der Waals surface area contributed by atoms with E-state index in [2.05, 4.69) is 337 Å². The molecule has 1 aliphatic carbocycles. The third-order valence-electron chi connectivity index (χ3n) is 17.8. The first kappa shape index (κ1) is 51.6. The van der Waals surface area contributed by atoms with E-state index in [-0.39, 0.29) is 0 Å². The van der Waals surface area contributed by atoms with Gasteiger partial charge in [-0.1, -0.05) is 206 Å². The van der Waals surface area contributed by atoms with Gasteiger partial charge in [-0.05, 0) is 166 Å². The second kappa shape index (κ2) is 21.0. The fourth-order valence-corrected chi connectivity index (χ4v) is 16.9. The van der Waals surface area contributed by atoms with Gasteiger partial charge in [0.2, 0.25) is 0 Å². The number of anilines is 6. The van der Waals surface area contributed by atoms with Crippen molar-refractivity contribution in [1.29, 1.82) is 0 Å². The molecule has 0 atom stereocenters. The Labute approximate surface area is 520 Å². The Balaban J connectivity index is 0.994. The minimum Gasteiger partial charge on any atom is -0.457 e. The second-order valence-electron chi connectivity index (χ2n) is 22.7. The molecular formula is C82H54N2O2S2. The molecule has 0 unspecified atom stereocenters. The van der Waals surface area contributed by atoms with Gasteiger partial charge in [0.15, 0.2) is 0 Å². The SMILES string of the molecule is c1ccc(-c2cc(-c3cc4c(s3)C3(c5ccccc5Oc5ccccc53)c3cc(-c5cc(-c6ccccc6)cc(N(c6ccccc6)c6ccccc6)c5)sc3C43c4ccccc4Oc4ccccc43)cc(N(c3ccccc3)c3ccccc3)c2)cc1. The van der Waals surface area contributed by atoms with E-state index in [0.717, 1.165) is 123 Å². The van der Waals surface area contributed by atoms with Crippen LogP contribution in [0.15, 0.2) is 328 Å². The number of ether oxygens (including phenoxy) is 2. The monoisotopic (exact) mass is 1160 g/mol. The summed E-state index contributed by atoms with van der Waals surface area (Å²) in [4.78, 5) is 9.56. The summed E-state index contributed by atoms with van der Waals surface area (Å²) in [6.45, 7) is 0. The topological polar surface area (TPSA) is 24.9 Å². The molecule has 2 spiro atoms. The smallest absolute Gasteiger partial charge is 0.132 e.